The quantitative estimate of drug-likeness (QED) is 0.375. The minimum Gasteiger partial charge on any atom is -0.394 e. The summed E-state index contributed by atoms with van der Waals surface area (Å²) in [5.74, 6) is -0.623. The first kappa shape index (κ1) is 10.3. The van der Waals surface area contributed by atoms with Gasteiger partial charge in [-0.2, -0.15) is 0 Å². The first-order valence-electron chi connectivity index (χ1n) is 3.31. The SMILES string of the molecule is NC(=O)C[C@H](O)C[C@H](O)CO. The Hall–Kier alpha value is -0.650. The fourth-order valence-corrected chi connectivity index (χ4v) is 0.704. The molecule has 5 heteroatoms. The molecular weight excluding hydrogens is 150 g/mol. The molecule has 0 fully saturated rings. The minimum absolute atomic E-state index is 0.0283. The highest BCUT2D eigenvalue weighted by Gasteiger charge is 2.12. The molecule has 0 spiro atoms. The summed E-state index contributed by atoms with van der Waals surface area (Å²) in [6, 6.07) is 0. The Bertz CT molecular complexity index is 128. The average molecular weight is 163 g/mol. The first-order valence-corrected chi connectivity index (χ1v) is 3.31. The molecule has 0 rings (SSSR count). The lowest BCUT2D eigenvalue weighted by atomic mass is 10.1. The Labute approximate surface area is 64.4 Å². The van der Waals surface area contributed by atoms with Gasteiger partial charge in [0.1, 0.15) is 0 Å². The van der Waals surface area contributed by atoms with E-state index in [0.717, 1.165) is 0 Å². The zero-order chi connectivity index (χ0) is 8.85. The summed E-state index contributed by atoms with van der Waals surface area (Å²) in [6.07, 6.45) is -2.16. The normalized spacial score (nSPS) is 15.9. The Morgan fingerprint density at radius 3 is 2.27 bits per heavy atom. The van der Waals surface area contributed by atoms with Crippen LogP contribution >= 0.6 is 0 Å². The zero-order valence-electron chi connectivity index (χ0n) is 6.10. The van der Waals surface area contributed by atoms with Crippen molar-refractivity contribution < 1.29 is 20.1 Å². The van der Waals surface area contributed by atoms with E-state index in [1.54, 1.807) is 0 Å². The number of hydrogen-bond donors (Lipinski definition) is 4. The Kier molecular flexibility index (Phi) is 4.76. The zero-order valence-corrected chi connectivity index (χ0v) is 6.10. The molecule has 0 heterocycles. The molecule has 5 N–H and O–H groups in total. The van der Waals surface area contributed by atoms with Crippen LogP contribution in [-0.2, 0) is 4.79 Å². The van der Waals surface area contributed by atoms with E-state index in [1.165, 1.54) is 0 Å². The number of rotatable bonds is 5. The molecule has 1 amide bonds. The topological polar surface area (TPSA) is 104 Å². The van der Waals surface area contributed by atoms with Gasteiger partial charge < -0.3 is 21.1 Å². The van der Waals surface area contributed by atoms with Crippen LogP contribution < -0.4 is 5.73 Å². The van der Waals surface area contributed by atoms with Gasteiger partial charge in [-0.1, -0.05) is 0 Å². The molecule has 0 bridgehead atoms. The Morgan fingerprint density at radius 2 is 1.91 bits per heavy atom. The lowest BCUT2D eigenvalue weighted by Gasteiger charge is -2.11. The van der Waals surface area contributed by atoms with Gasteiger partial charge in [0.05, 0.1) is 25.2 Å². The summed E-state index contributed by atoms with van der Waals surface area (Å²) >= 11 is 0. The molecular formula is C6H13NO4. The molecule has 0 aliphatic carbocycles. The summed E-state index contributed by atoms with van der Waals surface area (Å²) in [5, 5.41) is 26.1. The van der Waals surface area contributed by atoms with E-state index in [2.05, 4.69) is 0 Å². The summed E-state index contributed by atoms with van der Waals surface area (Å²) in [7, 11) is 0. The fourth-order valence-electron chi connectivity index (χ4n) is 0.704. The van der Waals surface area contributed by atoms with Crippen molar-refractivity contribution in [3.05, 3.63) is 0 Å². The smallest absolute Gasteiger partial charge is 0.220 e. The van der Waals surface area contributed by atoms with E-state index >= 15 is 0 Å². The standard InChI is InChI=1S/C6H13NO4/c7-6(11)2-4(9)1-5(10)3-8/h4-5,8-10H,1-3H2,(H2,7,11)/t4-,5+/m1/s1. The van der Waals surface area contributed by atoms with Crippen LogP contribution in [0.3, 0.4) is 0 Å². The second kappa shape index (κ2) is 5.06. The van der Waals surface area contributed by atoms with Crippen molar-refractivity contribution in [1.29, 1.82) is 0 Å². The maximum Gasteiger partial charge on any atom is 0.220 e. The fraction of sp³-hybridized carbons (Fsp3) is 0.833. The van der Waals surface area contributed by atoms with Crippen LogP contribution in [0.5, 0.6) is 0 Å². The number of carbonyl (C=O) groups excluding carboxylic acids is 1. The molecule has 0 aromatic rings. The Morgan fingerprint density at radius 1 is 1.36 bits per heavy atom. The number of nitrogens with two attached hydrogens (primary N) is 1. The molecule has 5 nitrogen and oxygen atoms in total. The second-order valence-corrected chi connectivity index (χ2v) is 2.40. The molecule has 11 heavy (non-hydrogen) atoms. The third kappa shape index (κ3) is 5.78. The average Bonchev–Trinajstić information content (AvgIpc) is 1.85. The number of carbonyl (C=O) groups is 1. The van der Waals surface area contributed by atoms with E-state index in [4.69, 9.17) is 21.1 Å². The monoisotopic (exact) mass is 163 g/mol. The van der Waals surface area contributed by atoms with Gasteiger partial charge in [0, 0.05) is 6.42 Å². The van der Waals surface area contributed by atoms with Gasteiger partial charge in [-0.05, 0) is 0 Å². The van der Waals surface area contributed by atoms with Gasteiger partial charge >= 0.3 is 0 Å². The predicted molar refractivity (Wildman–Crippen MR) is 37.5 cm³/mol. The van der Waals surface area contributed by atoms with Crippen LogP contribution in [0.25, 0.3) is 0 Å². The third-order valence-corrected chi connectivity index (χ3v) is 1.19. The van der Waals surface area contributed by atoms with Crippen molar-refractivity contribution in [3.63, 3.8) is 0 Å². The third-order valence-electron chi connectivity index (χ3n) is 1.19. The van der Waals surface area contributed by atoms with Crippen molar-refractivity contribution in [2.24, 2.45) is 5.73 Å². The van der Waals surface area contributed by atoms with Crippen molar-refractivity contribution in [3.8, 4) is 0 Å². The minimum atomic E-state index is -0.982. The molecule has 0 aliphatic heterocycles. The molecule has 66 valence electrons. The number of primary amides is 1. The largest absolute Gasteiger partial charge is 0.394 e. The van der Waals surface area contributed by atoms with Gasteiger partial charge in [0.15, 0.2) is 0 Å². The number of aliphatic hydroxyl groups is 3. The highest BCUT2D eigenvalue weighted by Crippen LogP contribution is 2.00. The Balaban J connectivity index is 3.51. The number of aliphatic hydroxyl groups excluding tert-OH is 3. The van der Waals surface area contributed by atoms with Crippen LogP contribution in [0.4, 0.5) is 0 Å². The lowest BCUT2D eigenvalue weighted by molar-refractivity contribution is -0.120. The lowest BCUT2D eigenvalue weighted by Crippen LogP contribution is -2.25. The number of hydrogen-bond acceptors (Lipinski definition) is 4. The molecule has 2 atom stereocenters. The van der Waals surface area contributed by atoms with Gasteiger partial charge in [-0.25, -0.2) is 0 Å². The van der Waals surface area contributed by atoms with Gasteiger partial charge in [0.25, 0.3) is 0 Å². The summed E-state index contributed by atoms with van der Waals surface area (Å²) in [4.78, 5) is 10.2. The molecule has 0 unspecified atom stereocenters. The summed E-state index contributed by atoms with van der Waals surface area (Å²) < 4.78 is 0. The molecule has 0 aliphatic rings. The molecule has 0 radical (unpaired) electrons. The highest BCUT2D eigenvalue weighted by atomic mass is 16.3. The maximum absolute atomic E-state index is 10.2. The summed E-state index contributed by atoms with van der Waals surface area (Å²) in [5.41, 5.74) is 4.77. The van der Waals surface area contributed by atoms with Crippen molar-refractivity contribution >= 4 is 5.91 Å². The maximum atomic E-state index is 10.2. The van der Waals surface area contributed by atoms with E-state index in [1.807, 2.05) is 0 Å². The molecule has 0 aromatic heterocycles. The van der Waals surface area contributed by atoms with Gasteiger partial charge in [-0.15, -0.1) is 0 Å². The van der Waals surface area contributed by atoms with E-state index in [0.29, 0.717) is 0 Å². The predicted octanol–water partition coefficient (Wildman–Crippen LogP) is -2.03. The molecule has 0 saturated carbocycles. The van der Waals surface area contributed by atoms with E-state index in [9.17, 15) is 4.79 Å². The summed E-state index contributed by atoms with van der Waals surface area (Å²) in [6.45, 7) is -0.421. The van der Waals surface area contributed by atoms with Crippen LogP contribution in [0.2, 0.25) is 0 Å². The van der Waals surface area contributed by atoms with Crippen molar-refractivity contribution in [2.45, 2.75) is 25.0 Å². The second-order valence-electron chi connectivity index (χ2n) is 2.40. The highest BCUT2D eigenvalue weighted by molar-refractivity contribution is 5.74. The van der Waals surface area contributed by atoms with Gasteiger partial charge in [0.2, 0.25) is 5.91 Å². The van der Waals surface area contributed by atoms with Crippen molar-refractivity contribution in [1.82, 2.24) is 0 Å². The van der Waals surface area contributed by atoms with Crippen LogP contribution in [0.1, 0.15) is 12.8 Å². The molecule has 0 saturated heterocycles. The van der Waals surface area contributed by atoms with Crippen molar-refractivity contribution in [2.75, 3.05) is 6.61 Å². The van der Waals surface area contributed by atoms with Crippen LogP contribution in [-0.4, -0.2) is 40.0 Å². The van der Waals surface area contributed by atoms with E-state index in [-0.39, 0.29) is 12.8 Å². The first-order chi connectivity index (χ1) is 5.06. The number of amides is 1. The van der Waals surface area contributed by atoms with Crippen LogP contribution in [0.15, 0.2) is 0 Å². The van der Waals surface area contributed by atoms with E-state index < -0.39 is 24.7 Å². The van der Waals surface area contributed by atoms with Crippen LogP contribution in [0, 0.1) is 0 Å². The van der Waals surface area contributed by atoms with Gasteiger partial charge in [-0.3, -0.25) is 4.79 Å². The molecule has 0 aromatic carbocycles.